The van der Waals surface area contributed by atoms with E-state index in [0.717, 1.165) is 35.4 Å². The molecule has 3 aromatic rings. The zero-order chi connectivity index (χ0) is 34.0. The maximum Gasteiger partial charge on any atom is 0.410 e. The number of rotatable bonds is 9. The van der Waals surface area contributed by atoms with Crippen LogP contribution in [0.15, 0.2) is 48.7 Å². The Labute approximate surface area is 280 Å². The molecule has 250 valence electrons. The molecule has 3 atom stereocenters. The highest BCUT2D eigenvalue weighted by Gasteiger charge is 2.47. The van der Waals surface area contributed by atoms with Gasteiger partial charge in [-0.3, -0.25) is 14.8 Å². The summed E-state index contributed by atoms with van der Waals surface area (Å²) >= 11 is 6.18. The molecule has 2 amide bonds. The summed E-state index contributed by atoms with van der Waals surface area (Å²) in [4.78, 5) is 35.0. The van der Waals surface area contributed by atoms with Crippen LogP contribution in [-0.4, -0.2) is 70.0 Å². The summed E-state index contributed by atoms with van der Waals surface area (Å²) < 4.78 is 13.1. The molecule has 1 fully saturated rings. The molecule has 4 rings (SSSR count). The number of likely N-dealkylation sites (tertiary alicyclic amines) is 1. The van der Waals surface area contributed by atoms with Gasteiger partial charge in [-0.1, -0.05) is 50.6 Å². The van der Waals surface area contributed by atoms with Gasteiger partial charge in [0, 0.05) is 36.1 Å². The van der Waals surface area contributed by atoms with E-state index in [2.05, 4.69) is 49.0 Å². The van der Waals surface area contributed by atoms with Gasteiger partial charge in [0.25, 0.3) is 5.91 Å². The topological polar surface area (TPSA) is 101 Å². The fraction of sp³-hybridized carbons (Fsp3) is 0.543. The van der Waals surface area contributed by atoms with E-state index in [-0.39, 0.29) is 29.1 Å². The van der Waals surface area contributed by atoms with Crippen LogP contribution >= 0.6 is 11.6 Å². The SMILES string of the molecule is Cc1cc(CN(C)C(=O)c2ccc(C[C@@H]3CC[C@H]([C@H](O[Si](C)(C)C(C)(C)C)c4ccc(Cl)nc4)N3C(=O)OC(C)(C)C)cc2)n[nH]1. The Balaban J connectivity index is 1.60. The molecule has 0 radical (unpaired) electrons. The van der Waals surface area contributed by atoms with Crippen molar-refractivity contribution in [2.24, 2.45) is 0 Å². The number of H-pyrrole nitrogens is 1. The van der Waals surface area contributed by atoms with E-state index in [4.69, 9.17) is 20.8 Å². The molecule has 1 N–H and O–H groups in total. The van der Waals surface area contributed by atoms with E-state index in [1.807, 2.05) is 69.0 Å². The molecule has 1 aliphatic heterocycles. The molecule has 0 saturated carbocycles. The van der Waals surface area contributed by atoms with Gasteiger partial charge >= 0.3 is 6.09 Å². The van der Waals surface area contributed by atoms with Crippen LogP contribution in [0, 0.1) is 6.92 Å². The van der Waals surface area contributed by atoms with Crippen LogP contribution in [0.25, 0.3) is 0 Å². The first-order valence-electron chi connectivity index (χ1n) is 16.0. The maximum atomic E-state index is 14.0. The molecule has 0 aliphatic carbocycles. The minimum absolute atomic E-state index is 0.0375. The molecule has 11 heteroatoms. The Morgan fingerprint density at radius 3 is 2.30 bits per heavy atom. The molecule has 46 heavy (non-hydrogen) atoms. The van der Waals surface area contributed by atoms with Crippen LogP contribution in [0.5, 0.6) is 0 Å². The van der Waals surface area contributed by atoms with Crippen molar-refractivity contribution >= 4 is 31.9 Å². The first-order valence-corrected chi connectivity index (χ1v) is 19.3. The summed E-state index contributed by atoms with van der Waals surface area (Å²) in [5.41, 5.74) is 3.65. The van der Waals surface area contributed by atoms with E-state index in [1.54, 1.807) is 24.2 Å². The third-order valence-electron chi connectivity index (χ3n) is 8.98. The number of aromatic nitrogens is 3. The molecule has 0 bridgehead atoms. The van der Waals surface area contributed by atoms with Gasteiger partial charge in [0.05, 0.1) is 24.4 Å². The molecule has 2 aromatic heterocycles. The number of nitrogens with one attached hydrogen (secondary N) is 1. The average molecular weight is 668 g/mol. The van der Waals surface area contributed by atoms with Crippen molar-refractivity contribution in [2.45, 2.75) is 116 Å². The standard InChI is InChI=1S/C35H50ClN5O4Si/c1-23-19-27(39-38-23)22-40(8)32(42)25-13-11-24(12-14-25)20-28-16-17-29(41(28)33(43)44-34(2,3)4)31(26-15-18-30(36)37-21-26)45-46(9,10)35(5,6)7/h11-15,18-19,21,28-29,31H,16-17,20,22H2,1-10H3,(H,38,39)/t28-,29+,31+/m0/s1. The lowest BCUT2D eigenvalue weighted by atomic mass is 10.0. The van der Waals surface area contributed by atoms with Crippen molar-refractivity contribution < 1.29 is 18.8 Å². The molecule has 0 unspecified atom stereocenters. The Morgan fingerprint density at radius 1 is 1.09 bits per heavy atom. The summed E-state index contributed by atoms with van der Waals surface area (Å²) in [5, 5.41) is 7.53. The number of hydrogen-bond acceptors (Lipinski definition) is 6. The number of hydrogen-bond donors (Lipinski definition) is 1. The summed E-state index contributed by atoms with van der Waals surface area (Å²) in [6, 6.07) is 13.0. The molecule has 1 aliphatic rings. The van der Waals surface area contributed by atoms with Gasteiger partial charge in [-0.05, 0) is 94.9 Å². The van der Waals surface area contributed by atoms with E-state index < -0.39 is 20.0 Å². The van der Waals surface area contributed by atoms with Crippen LogP contribution in [-0.2, 0) is 22.1 Å². The number of carbonyl (C=O) groups excluding carboxylic acids is 2. The van der Waals surface area contributed by atoms with Gasteiger partial charge in [-0.25, -0.2) is 9.78 Å². The summed E-state index contributed by atoms with van der Waals surface area (Å²) in [5.74, 6) is -0.0780. The number of pyridine rings is 1. The fourth-order valence-corrected chi connectivity index (χ4v) is 6.97. The summed E-state index contributed by atoms with van der Waals surface area (Å²) in [6.07, 6.45) is 3.18. The monoisotopic (exact) mass is 667 g/mol. The van der Waals surface area contributed by atoms with E-state index in [0.29, 0.717) is 23.7 Å². The lowest BCUT2D eigenvalue weighted by Gasteiger charge is -2.43. The lowest BCUT2D eigenvalue weighted by Crippen LogP contribution is -2.50. The van der Waals surface area contributed by atoms with Crippen molar-refractivity contribution in [3.63, 3.8) is 0 Å². The zero-order valence-corrected chi connectivity index (χ0v) is 30.7. The number of aryl methyl sites for hydroxylation is 1. The Morgan fingerprint density at radius 2 is 1.76 bits per heavy atom. The molecular weight excluding hydrogens is 618 g/mol. The number of halogens is 1. The largest absolute Gasteiger partial charge is 0.444 e. The first kappa shape index (κ1) is 35.6. The van der Waals surface area contributed by atoms with Crippen LogP contribution < -0.4 is 0 Å². The molecule has 1 aromatic carbocycles. The quantitative estimate of drug-likeness (QED) is 0.183. The minimum atomic E-state index is -2.27. The minimum Gasteiger partial charge on any atom is -0.444 e. The second-order valence-corrected chi connectivity index (χ2v) is 20.1. The molecule has 0 spiro atoms. The molecule has 9 nitrogen and oxygen atoms in total. The van der Waals surface area contributed by atoms with Crippen LogP contribution in [0.3, 0.4) is 0 Å². The van der Waals surface area contributed by atoms with Crippen molar-refractivity contribution in [3.05, 3.63) is 81.9 Å². The van der Waals surface area contributed by atoms with Gasteiger partial charge < -0.3 is 14.1 Å². The Hall–Kier alpha value is -3.21. The summed E-state index contributed by atoms with van der Waals surface area (Å²) in [7, 11) is -0.497. The number of nitrogens with zero attached hydrogens (tertiary/aromatic N) is 4. The zero-order valence-electron chi connectivity index (χ0n) is 29.0. The number of benzene rings is 1. The fourth-order valence-electron chi connectivity index (χ4n) is 5.57. The van der Waals surface area contributed by atoms with Crippen LogP contribution in [0.1, 0.15) is 93.4 Å². The normalized spacial score (nSPS) is 18.0. The number of amides is 2. The molecule has 3 heterocycles. The van der Waals surface area contributed by atoms with E-state index in [1.165, 1.54) is 0 Å². The molecule has 1 saturated heterocycles. The van der Waals surface area contributed by atoms with E-state index in [9.17, 15) is 9.59 Å². The van der Waals surface area contributed by atoms with Crippen molar-refractivity contribution in [3.8, 4) is 0 Å². The van der Waals surface area contributed by atoms with Gasteiger partial charge in [-0.2, -0.15) is 5.10 Å². The first-order chi connectivity index (χ1) is 21.3. The number of aromatic amines is 1. The smallest absolute Gasteiger partial charge is 0.410 e. The summed E-state index contributed by atoms with van der Waals surface area (Å²) in [6.45, 7) is 19.1. The van der Waals surface area contributed by atoms with Crippen LogP contribution in [0.4, 0.5) is 4.79 Å². The highest BCUT2D eigenvalue weighted by molar-refractivity contribution is 6.74. The average Bonchev–Trinajstić information content (AvgIpc) is 3.56. The van der Waals surface area contributed by atoms with Gasteiger partial charge in [0.15, 0.2) is 8.32 Å². The second-order valence-electron chi connectivity index (χ2n) is 15.0. The Kier molecular flexibility index (Phi) is 10.7. The van der Waals surface area contributed by atoms with Gasteiger partial charge in [0.1, 0.15) is 10.8 Å². The number of carbonyl (C=O) groups is 2. The number of ether oxygens (including phenoxy) is 1. The van der Waals surface area contributed by atoms with Gasteiger partial charge in [0.2, 0.25) is 0 Å². The predicted octanol–water partition coefficient (Wildman–Crippen LogP) is 8.11. The lowest BCUT2D eigenvalue weighted by molar-refractivity contribution is -0.00244. The third kappa shape index (κ3) is 8.77. The molecular formula is C35H50ClN5O4Si. The Bertz CT molecular complexity index is 1490. The van der Waals surface area contributed by atoms with Crippen LogP contribution in [0.2, 0.25) is 23.3 Å². The highest BCUT2D eigenvalue weighted by Crippen LogP contribution is 2.44. The van der Waals surface area contributed by atoms with Crippen molar-refractivity contribution in [2.75, 3.05) is 7.05 Å². The van der Waals surface area contributed by atoms with E-state index >= 15 is 0 Å². The van der Waals surface area contributed by atoms with Crippen molar-refractivity contribution in [1.82, 2.24) is 25.0 Å². The van der Waals surface area contributed by atoms with Crippen molar-refractivity contribution in [1.29, 1.82) is 0 Å². The predicted molar refractivity (Wildman–Crippen MR) is 184 cm³/mol. The van der Waals surface area contributed by atoms with Gasteiger partial charge in [-0.15, -0.1) is 0 Å². The highest BCUT2D eigenvalue weighted by atomic mass is 35.5. The maximum absolute atomic E-state index is 14.0. The second kappa shape index (κ2) is 13.9. The third-order valence-corrected chi connectivity index (χ3v) is 13.7.